The van der Waals surface area contributed by atoms with Gasteiger partial charge in [-0.25, -0.2) is 9.59 Å². The summed E-state index contributed by atoms with van der Waals surface area (Å²) in [6.45, 7) is 4.19. The van der Waals surface area contributed by atoms with Crippen molar-refractivity contribution in [2.45, 2.75) is 128 Å². The maximum absolute atomic E-state index is 12.3. The molecule has 0 radical (unpaired) electrons. The molecule has 0 bridgehead atoms. The lowest BCUT2D eigenvalue weighted by Crippen LogP contribution is -2.45. The van der Waals surface area contributed by atoms with E-state index in [4.69, 9.17) is 9.47 Å². The predicted octanol–water partition coefficient (Wildman–Crippen LogP) is 7.04. The van der Waals surface area contributed by atoms with Crippen molar-refractivity contribution in [2.24, 2.45) is 0 Å². The van der Waals surface area contributed by atoms with Crippen LogP contribution in [0.15, 0.2) is 0 Å². The Morgan fingerprint density at radius 3 is 0.921 bits per heavy atom. The SMILES string of the molecule is C[N+]1(C)CCCCCCCCCCCC[N+](C)(C)CC(=O)OCCCCCCCCCCCCOC(=O)C1. The van der Waals surface area contributed by atoms with Crippen LogP contribution < -0.4 is 0 Å². The zero-order valence-corrected chi connectivity index (χ0v) is 25.9. The molecule has 1 rings (SSSR count). The van der Waals surface area contributed by atoms with Crippen LogP contribution in [0.25, 0.3) is 0 Å². The van der Waals surface area contributed by atoms with Crippen LogP contribution in [0.3, 0.4) is 0 Å². The number of ether oxygens (including phenoxy) is 2. The fraction of sp³-hybridized carbons (Fsp3) is 0.938. The predicted molar refractivity (Wildman–Crippen MR) is 158 cm³/mol. The lowest BCUT2D eigenvalue weighted by Gasteiger charge is -2.28. The number of rotatable bonds is 0. The van der Waals surface area contributed by atoms with Crippen molar-refractivity contribution in [1.29, 1.82) is 0 Å². The van der Waals surface area contributed by atoms with Gasteiger partial charge in [-0.1, -0.05) is 89.9 Å². The van der Waals surface area contributed by atoms with Crippen molar-refractivity contribution in [3.63, 3.8) is 0 Å². The summed E-state index contributed by atoms with van der Waals surface area (Å²) in [4.78, 5) is 24.5. The second-order valence-corrected chi connectivity index (χ2v) is 13.1. The molecule has 1 aliphatic rings. The molecule has 0 amide bonds. The highest BCUT2D eigenvalue weighted by Gasteiger charge is 2.21. The molecule has 6 nitrogen and oxygen atoms in total. The first kappa shape index (κ1) is 34.9. The first-order valence-electron chi connectivity index (χ1n) is 16.2. The number of likely N-dealkylation sites (N-methyl/N-ethyl adjacent to an activating group) is 2. The Morgan fingerprint density at radius 2 is 0.632 bits per heavy atom. The Bertz CT molecular complexity index is 554. The van der Waals surface area contributed by atoms with Gasteiger partial charge in [0.05, 0.1) is 54.5 Å². The van der Waals surface area contributed by atoms with E-state index in [2.05, 4.69) is 28.2 Å². The third-order valence-electron chi connectivity index (χ3n) is 7.96. The van der Waals surface area contributed by atoms with Crippen LogP contribution in [0.5, 0.6) is 0 Å². The summed E-state index contributed by atoms with van der Waals surface area (Å²) in [5.41, 5.74) is 0. The molecule has 0 aromatic rings. The van der Waals surface area contributed by atoms with Gasteiger partial charge in [-0.15, -0.1) is 0 Å². The average molecular weight is 541 g/mol. The van der Waals surface area contributed by atoms with E-state index in [1.54, 1.807) is 0 Å². The van der Waals surface area contributed by atoms with Crippen LogP contribution in [0.1, 0.15) is 128 Å². The molecule has 0 aliphatic carbocycles. The van der Waals surface area contributed by atoms with Crippen LogP contribution in [-0.4, -0.2) is 88.5 Å². The van der Waals surface area contributed by atoms with Crippen LogP contribution in [0.2, 0.25) is 0 Å². The van der Waals surface area contributed by atoms with Crippen LogP contribution >= 0.6 is 0 Å². The molecule has 0 atom stereocenters. The van der Waals surface area contributed by atoms with E-state index in [0.29, 0.717) is 26.3 Å². The maximum atomic E-state index is 12.3. The topological polar surface area (TPSA) is 52.6 Å². The van der Waals surface area contributed by atoms with E-state index in [1.165, 1.54) is 103 Å². The van der Waals surface area contributed by atoms with Gasteiger partial charge in [0.2, 0.25) is 0 Å². The van der Waals surface area contributed by atoms with E-state index in [-0.39, 0.29) is 11.9 Å². The van der Waals surface area contributed by atoms with Gasteiger partial charge in [-0.3, -0.25) is 0 Å². The molecule has 1 fully saturated rings. The number of nitrogens with zero attached hydrogens (tertiary/aromatic N) is 2. The van der Waals surface area contributed by atoms with E-state index < -0.39 is 0 Å². The van der Waals surface area contributed by atoms with Crippen molar-refractivity contribution in [3.05, 3.63) is 0 Å². The number of esters is 2. The minimum atomic E-state index is -0.0433. The molecule has 0 aromatic heterocycles. The van der Waals surface area contributed by atoms with Gasteiger partial charge >= 0.3 is 11.9 Å². The van der Waals surface area contributed by atoms with Gasteiger partial charge in [0, 0.05) is 0 Å². The summed E-state index contributed by atoms with van der Waals surface area (Å²) < 4.78 is 12.5. The van der Waals surface area contributed by atoms with Crippen LogP contribution in [0.4, 0.5) is 0 Å². The summed E-state index contributed by atoms with van der Waals surface area (Å²) in [7, 11) is 8.61. The number of carbonyl (C=O) groups excluding carboxylic acids is 2. The largest absolute Gasteiger partial charge is 0.462 e. The molecule has 0 unspecified atom stereocenters. The Kier molecular flexibility index (Phi) is 19.9. The number of cyclic esters (lactones) is 2. The fourth-order valence-corrected chi connectivity index (χ4v) is 5.43. The van der Waals surface area contributed by atoms with Crippen molar-refractivity contribution >= 4 is 11.9 Å². The molecule has 6 heteroatoms. The third-order valence-corrected chi connectivity index (χ3v) is 7.96. The highest BCUT2D eigenvalue weighted by Crippen LogP contribution is 2.14. The Morgan fingerprint density at radius 1 is 0.395 bits per heavy atom. The molecule has 0 saturated carbocycles. The quantitative estimate of drug-likeness (QED) is 0.244. The highest BCUT2D eigenvalue weighted by molar-refractivity contribution is 5.70. The second-order valence-electron chi connectivity index (χ2n) is 13.1. The van der Waals surface area contributed by atoms with Crippen molar-refractivity contribution < 1.29 is 28.0 Å². The van der Waals surface area contributed by atoms with E-state index in [0.717, 1.165) is 47.7 Å². The van der Waals surface area contributed by atoms with Crippen LogP contribution in [-0.2, 0) is 19.1 Å². The number of hydrogen-bond donors (Lipinski definition) is 0. The monoisotopic (exact) mass is 540 g/mol. The number of quaternary nitrogens is 2. The minimum absolute atomic E-state index is 0.0433. The molecule has 0 spiro atoms. The fourth-order valence-electron chi connectivity index (χ4n) is 5.43. The van der Waals surface area contributed by atoms with Gasteiger partial charge in [0.25, 0.3) is 0 Å². The molecular weight excluding hydrogens is 476 g/mol. The first-order chi connectivity index (χ1) is 18.2. The van der Waals surface area contributed by atoms with Crippen molar-refractivity contribution in [3.8, 4) is 0 Å². The molecular formula is C32H64N2O4+2. The van der Waals surface area contributed by atoms with Gasteiger partial charge in [-0.2, -0.15) is 0 Å². The third kappa shape index (κ3) is 21.8. The summed E-state index contributed by atoms with van der Waals surface area (Å²) in [5.74, 6) is -0.0866. The maximum Gasteiger partial charge on any atom is 0.361 e. The molecule has 1 aliphatic heterocycles. The lowest BCUT2D eigenvalue weighted by molar-refractivity contribution is -0.883. The van der Waals surface area contributed by atoms with Gasteiger partial charge in [0.1, 0.15) is 0 Å². The van der Waals surface area contributed by atoms with E-state index >= 15 is 0 Å². The standard InChI is InChI=1S/C32H64N2O4/c1-33(2)25-21-17-13-9-5-6-10-14-18-22-26-34(3,4)30-32(36)38-28-24-20-16-12-8-7-11-15-19-23-27-37-31(35)29-33/h5-30H2,1-4H3/q+2. The zero-order valence-electron chi connectivity index (χ0n) is 25.9. The number of carbonyl (C=O) groups is 2. The molecule has 1 saturated heterocycles. The molecule has 38 heavy (non-hydrogen) atoms. The van der Waals surface area contributed by atoms with Crippen molar-refractivity contribution in [1.82, 2.24) is 0 Å². The molecule has 224 valence electrons. The lowest BCUT2D eigenvalue weighted by atomic mass is 10.1. The smallest absolute Gasteiger partial charge is 0.361 e. The normalized spacial score (nSPS) is 24.6. The summed E-state index contributed by atoms with van der Waals surface area (Å²) >= 11 is 0. The van der Waals surface area contributed by atoms with Gasteiger partial charge in [-0.05, 0) is 38.5 Å². The summed E-state index contributed by atoms with van der Waals surface area (Å²) in [6, 6.07) is 0. The highest BCUT2D eigenvalue weighted by atomic mass is 16.5. The Labute approximate surface area is 236 Å². The molecule has 0 aromatic carbocycles. The van der Waals surface area contributed by atoms with E-state index in [1.807, 2.05) is 0 Å². The van der Waals surface area contributed by atoms with Crippen LogP contribution in [0, 0.1) is 0 Å². The minimum Gasteiger partial charge on any atom is -0.462 e. The summed E-state index contributed by atoms with van der Waals surface area (Å²) in [6.07, 6.45) is 24.6. The average Bonchev–Trinajstić information content (AvgIpc) is 2.83. The van der Waals surface area contributed by atoms with Crippen molar-refractivity contribution in [2.75, 3.05) is 67.6 Å². The Balaban J connectivity index is 2.32. The first-order valence-corrected chi connectivity index (χ1v) is 16.2. The number of hydrogen-bond acceptors (Lipinski definition) is 4. The van der Waals surface area contributed by atoms with E-state index in [9.17, 15) is 9.59 Å². The molecule has 0 N–H and O–H groups in total. The zero-order chi connectivity index (χ0) is 28.0. The Hall–Kier alpha value is -1.14. The summed E-state index contributed by atoms with van der Waals surface area (Å²) in [5, 5.41) is 0. The van der Waals surface area contributed by atoms with Gasteiger partial charge in [0.15, 0.2) is 13.1 Å². The second kappa shape index (κ2) is 21.7. The molecule has 1 heterocycles. The van der Waals surface area contributed by atoms with Gasteiger partial charge < -0.3 is 18.4 Å².